The lowest BCUT2D eigenvalue weighted by atomic mass is 9.94. The van der Waals surface area contributed by atoms with Crippen molar-refractivity contribution in [3.8, 4) is 11.5 Å². The molecular formula is C29H26ClF3N4O4S. The number of allylic oxidation sites excluding steroid dienone is 1. The Balaban J connectivity index is 1.51. The van der Waals surface area contributed by atoms with E-state index in [1.54, 1.807) is 43.3 Å². The summed E-state index contributed by atoms with van der Waals surface area (Å²) in [6, 6.07) is 13.7. The van der Waals surface area contributed by atoms with Gasteiger partial charge < -0.3 is 30.7 Å². The third kappa shape index (κ3) is 7.31. The van der Waals surface area contributed by atoms with E-state index >= 15 is 0 Å². The lowest BCUT2D eigenvalue weighted by Crippen LogP contribution is -2.45. The van der Waals surface area contributed by atoms with Crippen LogP contribution in [0.4, 0.5) is 24.5 Å². The summed E-state index contributed by atoms with van der Waals surface area (Å²) in [5.74, 6) is -0.581. The summed E-state index contributed by atoms with van der Waals surface area (Å²) in [6.45, 7) is 3.09. The molecule has 2 amide bonds. The maximum atomic E-state index is 13.5. The molecule has 1 aliphatic rings. The van der Waals surface area contributed by atoms with Gasteiger partial charge in [0.15, 0.2) is 23.2 Å². The number of alkyl halides is 3. The van der Waals surface area contributed by atoms with Crippen LogP contribution in [0, 0.1) is 6.92 Å². The second-order valence-electron chi connectivity index (χ2n) is 9.31. The number of hydrogen-bond acceptors (Lipinski definition) is 5. The molecule has 8 nitrogen and oxygen atoms in total. The van der Waals surface area contributed by atoms with E-state index < -0.39 is 30.3 Å². The quantitative estimate of drug-likeness (QED) is 0.226. The number of nitrogens with one attached hydrogen (secondary N) is 4. The van der Waals surface area contributed by atoms with Crippen molar-refractivity contribution < 1.29 is 32.2 Å². The van der Waals surface area contributed by atoms with Gasteiger partial charge in [-0.15, -0.1) is 0 Å². The lowest BCUT2D eigenvalue weighted by molar-refractivity contribution is -0.137. The third-order valence-electron chi connectivity index (χ3n) is 6.32. The molecule has 4 rings (SSSR count). The lowest BCUT2D eigenvalue weighted by Gasteiger charge is -2.31. The van der Waals surface area contributed by atoms with Crippen molar-refractivity contribution in [1.29, 1.82) is 0 Å². The molecule has 3 aromatic carbocycles. The minimum atomic E-state index is -4.54. The number of anilines is 2. The van der Waals surface area contributed by atoms with E-state index in [1.165, 1.54) is 19.2 Å². The monoisotopic (exact) mass is 618 g/mol. The summed E-state index contributed by atoms with van der Waals surface area (Å²) in [5, 5.41) is 12.2. The fourth-order valence-corrected chi connectivity index (χ4v) is 4.70. The zero-order chi connectivity index (χ0) is 30.6. The highest BCUT2D eigenvalue weighted by atomic mass is 35.5. The van der Waals surface area contributed by atoms with Crippen LogP contribution in [-0.2, 0) is 15.8 Å². The van der Waals surface area contributed by atoms with E-state index in [9.17, 15) is 22.8 Å². The fourth-order valence-electron chi connectivity index (χ4n) is 4.26. The molecule has 13 heteroatoms. The van der Waals surface area contributed by atoms with Gasteiger partial charge in [0.1, 0.15) is 0 Å². The molecule has 4 N–H and O–H groups in total. The fraction of sp³-hybridized carbons (Fsp3) is 0.207. The van der Waals surface area contributed by atoms with Crippen LogP contribution < -0.4 is 30.7 Å². The second-order valence-corrected chi connectivity index (χ2v) is 10.2. The highest BCUT2D eigenvalue weighted by Gasteiger charge is 2.32. The van der Waals surface area contributed by atoms with Crippen LogP contribution in [0.3, 0.4) is 0 Å². The summed E-state index contributed by atoms with van der Waals surface area (Å²) < 4.78 is 50.0. The topological polar surface area (TPSA) is 101 Å². The third-order valence-corrected chi connectivity index (χ3v) is 6.77. The molecule has 0 aromatic heterocycles. The molecule has 0 spiro atoms. The van der Waals surface area contributed by atoms with Crippen molar-refractivity contribution in [3.05, 3.63) is 93.6 Å². The van der Waals surface area contributed by atoms with Gasteiger partial charge in [0.05, 0.1) is 24.3 Å². The van der Waals surface area contributed by atoms with E-state index in [2.05, 4.69) is 21.3 Å². The standard InChI is InChI=1S/C29H26ClF3N4O4S/c1-15-7-9-19(30)13-21(15)36-27(39)25-16(2)34-28(42)37-26(25)17-8-10-22(23(11-17)40-3)41-14-24(38)35-20-6-4-5-18(12-20)29(31,32)33/h4-13,26H,14H2,1-3H3,(H,35,38)(H,36,39)(H2,34,37,42)/t26-/m1/s1. The Kier molecular flexibility index (Phi) is 9.27. The Hall–Kier alpha value is -4.29. The summed E-state index contributed by atoms with van der Waals surface area (Å²) in [5.41, 5.74) is 2.02. The number of benzene rings is 3. The molecule has 42 heavy (non-hydrogen) atoms. The smallest absolute Gasteiger partial charge is 0.416 e. The first kappa shape index (κ1) is 30.7. The Morgan fingerprint density at radius 2 is 1.79 bits per heavy atom. The van der Waals surface area contributed by atoms with E-state index in [0.717, 1.165) is 17.7 Å². The summed E-state index contributed by atoms with van der Waals surface area (Å²) in [6.07, 6.45) is -4.54. The molecule has 0 bridgehead atoms. The highest BCUT2D eigenvalue weighted by molar-refractivity contribution is 7.80. The van der Waals surface area contributed by atoms with Crippen LogP contribution in [0.2, 0.25) is 5.02 Å². The number of methoxy groups -OCH3 is 1. The maximum absolute atomic E-state index is 13.5. The van der Waals surface area contributed by atoms with E-state index in [4.69, 9.17) is 33.3 Å². The van der Waals surface area contributed by atoms with E-state index in [0.29, 0.717) is 32.7 Å². The number of aryl methyl sites for hydroxylation is 1. The molecule has 0 saturated heterocycles. The van der Waals surface area contributed by atoms with Crippen molar-refractivity contribution in [3.63, 3.8) is 0 Å². The molecular weight excluding hydrogens is 593 g/mol. The van der Waals surface area contributed by atoms with Crippen LogP contribution in [0.25, 0.3) is 0 Å². The van der Waals surface area contributed by atoms with Crippen molar-refractivity contribution in [1.82, 2.24) is 10.6 Å². The second kappa shape index (κ2) is 12.7. The number of rotatable bonds is 8. The van der Waals surface area contributed by atoms with Gasteiger partial charge in [-0.05, 0) is 79.7 Å². The number of carbonyl (C=O) groups excluding carboxylic acids is 2. The van der Waals surface area contributed by atoms with Gasteiger partial charge in [0.25, 0.3) is 11.8 Å². The minimum absolute atomic E-state index is 0.0189. The SMILES string of the molecule is COc1cc([C@H]2NC(=S)NC(C)=C2C(=O)Nc2cc(Cl)ccc2C)ccc1OCC(=O)Nc1cccc(C(F)(F)F)c1. The van der Waals surface area contributed by atoms with Gasteiger partial charge >= 0.3 is 6.18 Å². The number of ether oxygens (including phenoxy) is 2. The zero-order valence-electron chi connectivity index (χ0n) is 22.6. The van der Waals surface area contributed by atoms with Crippen molar-refractivity contribution in [2.45, 2.75) is 26.1 Å². The van der Waals surface area contributed by atoms with Crippen LogP contribution in [0.15, 0.2) is 71.9 Å². The Labute approximate surface area is 250 Å². The normalized spacial score (nSPS) is 14.9. The van der Waals surface area contributed by atoms with Crippen molar-refractivity contribution in [2.24, 2.45) is 0 Å². The molecule has 0 unspecified atom stereocenters. The summed E-state index contributed by atoms with van der Waals surface area (Å²) in [7, 11) is 1.41. The first-order valence-corrected chi connectivity index (χ1v) is 13.3. The highest BCUT2D eigenvalue weighted by Crippen LogP contribution is 2.35. The van der Waals surface area contributed by atoms with Gasteiger partial charge in [0, 0.05) is 22.1 Å². The molecule has 0 radical (unpaired) electrons. The average molecular weight is 619 g/mol. The number of carbonyl (C=O) groups is 2. The van der Waals surface area contributed by atoms with Gasteiger partial charge in [-0.1, -0.05) is 29.8 Å². The Bertz CT molecular complexity index is 1580. The molecule has 1 atom stereocenters. The Morgan fingerprint density at radius 3 is 2.50 bits per heavy atom. The molecule has 0 aliphatic carbocycles. The van der Waals surface area contributed by atoms with Crippen molar-refractivity contribution in [2.75, 3.05) is 24.4 Å². The van der Waals surface area contributed by atoms with Gasteiger partial charge in [0.2, 0.25) is 0 Å². The van der Waals surface area contributed by atoms with Crippen LogP contribution in [0.1, 0.15) is 29.7 Å². The molecule has 220 valence electrons. The van der Waals surface area contributed by atoms with Crippen LogP contribution >= 0.6 is 23.8 Å². The Morgan fingerprint density at radius 1 is 1.02 bits per heavy atom. The summed E-state index contributed by atoms with van der Waals surface area (Å²) >= 11 is 11.5. The van der Waals surface area contributed by atoms with Crippen LogP contribution in [0.5, 0.6) is 11.5 Å². The van der Waals surface area contributed by atoms with Crippen molar-refractivity contribution >= 4 is 52.1 Å². The number of halogens is 4. The maximum Gasteiger partial charge on any atom is 0.416 e. The number of amides is 2. The molecule has 3 aromatic rings. The predicted molar refractivity (Wildman–Crippen MR) is 158 cm³/mol. The molecule has 1 aliphatic heterocycles. The number of thiocarbonyl (C=S) groups is 1. The summed E-state index contributed by atoms with van der Waals surface area (Å²) in [4.78, 5) is 25.9. The van der Waals surface area contributed by atoms with Gasteiger partial charge in [-0.3, -0.25) is 9.59 Å². The number of hydrogen-bond donors (Lipinski definition) is 4. The van der Waals surface area contributed by atoms with Crippen LogP contribution in [-0.4, -0.2) is 30.6 Å². The zero-order valence-corrected chi connectivity index (χ0v) is 24.2. The average Bonchev–Trinajstić information content (AvgIpc) is 2.93. The van der Waals surface area contributed by atoms with Gasteiger partial charge in [-0.2, -0.15) is 13.2 Å². The molecule has 0 fully saturated rings. The van der Waals surface area contributed by atoms with Gasteiger partial charge in [-0.25, -0.2) is 0 Å². The first-order valence-electron chi connectivity index (χ1n) is 12.5. The first-order chi connectivity index (χ1) is 19.8. The largest absolute Gasteiger partial charge is 0.493 e. The molecule has 1 heterocycles. The van der Waals surface area contributed by atoms with E-state index in [-0.39, 0.29) is 23.1 Å². The predicted octanol–water partition coefficient (Wildman–Crippen LogP) is 6.12. The molecule has 0 saturated carbocycles. The minimum Gasteiger partial charge on any atom is -0.493 e. The van der Waals surface area contributed by atoms with E-state index in [1.807, 2.05) is 6.92 Å².